The Labute approximate surface area is 90.8 Å². The summed E-state index contributed by atoms with van der Waals surface area (Å²) in [5.74, 6) is -0.160. The van der Waals surface area contributed by atoms with Crippen molar-refractivity contribution in [2.45, 2.75) is 12.8 Å². The highest BCUT2D eigenvalue weighted by Crippen LogP contribution is 2.29. The summed E-state index contributed by atoms with van der Waals surface area (Å²) in [4.78, 5) is 0. The van der Waals surface area contributed by atoms with Crippen LogP contribution in [0, 0.1) is 5.82 Å². The van der Waals surface area contributed by atoms with Gasteiger partial charge >= 0.3 is 0 Å². The van der Waals surface area contributed by atoms with Gasteiger partial charge in [0.1, 0.15) is 0 Å². The minimum absolute atomic E-state index is 0.116. The number of hydrogen-bond acceptors (Lipinski definition) is 2. The smallest absolute Gasteiger partial charge is 0.168 e. The molecule has 0 spiro atoms. The lowest BCUT2D eigenvalue weighted by Gasteiger charge is -2.07. The molecule has 1 N–H and O–H groups in total. The quantitative estimate of drug-likeness (QED) is 0.904. The van der Waals surface area contributed by atoms with Gasteiger partial charge < -0.3 is 9.84 Å². The number of benzene rings is 1. The molecule has 2 nitrogen and oxygen atoms in total. The Balaban J connectivity index is 2.90. The van der Waals surface area contributed by atoms with E-state index in [4.69, 9.17) is 9.84 Å². The van der Waals surface area contributed by atoms with Crippen LogP contribution in [0.3, 0.4) is 0 Å². The molecule has 0 saturated carbocycles. The lowest BCUT2D eigenvalue weighted by molar-refractivity contribution is 0.288. The van der Waals surface area contributed by atoms with Crippen LogP contribution in [0.25, 0.3) is 0 Å². The zero-order valence-corrected chi connectivity index (χ0v) is 9.47. The highest BCUT2D eigenvalue weighted by atomic mass is 79.9. The van der Waals surface area contributed by atoms with Crippen molar-refractivity contribution in [1.29, 1.82) is 0 Å². The van der Waals surface area contributed by atoms with Gasteiger partial charge in [0.15, 0.2) is 11.6 Å². The lowest BCUT2D eigenvalue weighted by atomic mass is 10.1. The molecule has 0 atom stereocenters. The Morgan fingerprint density at radius 3 is 2.71 bits per heavy atom. The molecule has 0 unspecified atom stereocenters. The third-order valence-corrected chi connectivity index (χ3v) is 2.47. The van der Waals surface area contributed by atoms with Gasteiger partial charge in [-0.1, -0.05) is 0 Å². The molecule has 0 fully saturated rings. The number of aryl methyl sites for hydroxylation is 1. The van der Waals surface area contributed by atoms with Crippen LogP contribution in [0.5, 0.6) is 5.75 Å². The zero-order chi connectivity index (χ0) is 10.6. The van der Waals surface area contributed by atoms with Crippen LogP contribution < -0.4 is 4.74 Å². The van der Waals surface area contributed by atoms with Gasteiger partial charge in [-0.05, 0) is 46.5 Å². The first kappa shape index (κ1) is 11.5. The van der Waals surface area contributed by atoms with Crippen molar-refractivity contribution in [2.75, 3.05) is 13.7 Å². The van der Waals surface area contributed by atoms with Crippen molar-refractivity contribution in [3.05, 3.63) is 28.0 Å². The predicted octanol–water partition coefficient (Wildman–Crippen LogP) is 2.52. The fourth-order valence-corrected chi connectivity index (χ4v) is 1.88. The van der Waals surface area contributed by atoms with E-state index in [1.54, 1.807) is 6.07 Å². The molecule has 14 heavy (non-hydrogen) atoms. The molecule has 0 saturated heterocycles. The third-order valence-electron chi connectivity index (χ3n) is 1.89. The van der Waals surface area contributed by atoms with E-state index >= 15 is 0 Å². The number of halogens is 2. The van der Waals surface area contributed by atoms with Crippen LogP contribution in [0.2, 0.25) is 0 Å². The molecule has 0 aliphatic carbocycles. The van der Waals surface area contributed by atoms with E-state index in [1.165, 1.54) is 13.2 Å². The first-order chi connectivity index (χ1) is 6.69. The van der Waals surface area contributed by atoms with Crippen molar-refractivity contribution >= 4 is 15.9 Å². The maximum Gasteiger partial charge on any atom is 0.168 e. The van der Waals surface area contributed by atoms with Gasteiger partial charge in [-0.25, -0.2) is 4.39 Å². The van der Waals surface area contributed by atoms with E-state index in [9.17, 15) is 4.39 Å². The fourth-order valence-electron chi connectivity index (χ4n) is 1.23. The summed E-state index contributed by atoms with van der Waals surface area (Å²) >= 11 is 3.22. The van der Waals surface area contributed by atoms with Gasteiger partial charge in [-0.3, -0.25) is 0 Å². The van der Waals surface area contributed by atoms with Crippen molar-refractivity contribution in [2.24, 2.45) is 0 Å². The SMILES string of the molecule is COc1c(F)cc(CCCO)cc1Br. The van der Waals surface area contributed by atoms with Gasteiger partial charge in [0.2, 0.25) is 0 Å². The number of aliphatic hydroxyl groups excluding tert-OH is 1. The summed E-state index contributed by atoms with van der Waals surface area (Å²) in [6.45, 7) is 0.116. The van der Waals surface area contributed by atoms with Crippen LogP contribution in [-0.4, -0.2) is 18.8 Å². The molecule has 0 heterocycles. The highest BCUT2D eigenvalue weighted by molar-refractivity contribution is 9.10. The number of rotatable bonds is 4. The van der Waals surface area contributed by atoms with Gasteiger partial charge in [0.05, 0.1) is 11.6 Å². The zero-order valence-electron chi connectivity index (χ0n) is 7.89. The Kier molecular flexibility index (Phi) is 4.35. The summed E-state index contributed by atoms with van der Waals surface area (Å²) < 4.78 is 18.8. The van der Waals surface area contributed by atoms with E-state index in [0.717, 1.165) is 5.56 Å². The van der Waals surface area contributed by atoms with Crippen LogP contribution >= 0.6 is 15.9 Å². The molecule has 0 amide bonds. The van der Waals surface area contributed by atoms with E-state index in [0.29, 0.717) is 17.3 Å². The fraction of sp³-hybridized carbons (Fsp3) is 0.400. The van der Waals surface area contributed by atoms with Crippen LogP contribution in [-0.2, 0) is 6.42 Å². The Hall–Kier alpha value is -0.610. The van der Waals surface area contributed by atoms with Crippen LogP contribution in [0.15, 0.2) is 16.6 Å². The largest absolute Gasteiger partial charge is 0.492 e. The number of ether oxygens (including phenoxy) is 1. The Bertz CT molecular complexity index is 292. The molecule has 1 aromatic carbocycles. The molecule has 0 bridgehead atoms. The lowest BCUT2D eigenvalue weighted by Crippen LogP contribution is -1.94. The maximum atomic E-state index is 13.3. The number of methoxy groups -OCH3 is 1. The third kappa shape index (κ3) is 2.69. The van der Waals surface area contributed by atoms with E-state index < -0.39 is 0 Å². The molecule has 1 rings (SSSR count). The Morgan fingerprint density at radius 1 is 1.50 bits per heavy atom. The molecular weight excluding hydrogens is 251 g/mol. The molecule has 0 aliphatic heterocycles. The van der Waals surface area contributed by atoms with Gasteiger partial charge in [0, 0.05) is 6.61 Å². The molecule has 1 aromatic rings. The minimum atomic E-state index is -0.380. The highest BCUT2D eigenvalue weighted by Gasteiger charge is 2.08. The van der Waals surface area contributed by atoms with E-state index in [-0.39, 0.29) is 18.2 Å². The second kappa shape index (κ2) is 5.32. The minimum Gasteiger partial charge on any atom is -0.492 e. The van der Waals surface area contributed by atoms with Gasteiger partial charge in [-0.15, -0.1) is 0 Å². The standard InChI is InChI=1S/C10H12BrFO2/c1-14-10-8(11)5-7(3-2-4-13)6-9(10)12/h5-6,13H,2-4H2,1H3. The van der Waals surface area contributed by atoms with Crippen molar-refractivity contribution in [3.8, 4) is 5.75 Å². The summed E-state index contributed by atoms with van der Waals surface area (Å²) in [5, 5.41) is 8.64. The first-order valence-electron chi connectivity index (χ1n) is 4.31. The van der Waals surface area contributed by atoms with Crippen molar-refractivity contribution < 1.29 is 14.2 Å². The summed E-state index contributed by atoms with van der Waals surface area (Å²) in [7, 11) is 1.43. The molecular formula is C10H12BrFO2. The average molecular weight is 263 g/mol. The summed E-state index contributed by atoms with van der Waals surface area (Å²) in [6, 6.07) is 3.23. The van der Waals surface area contributed by atoms with Gasteiger partial charge in [-0.2, -0.15) is 0 Å². The topological polar surface area (TPSA) is 29.5 Å². The predicted molar refractivity (Wildman–Crippen MR) is 56.1 cm³/mol. The van der Waals surface area contributed by atoms with Crippen molar-refractivity contribution in [3.63, 3.8) is 0 Å². The second-order valence-electron chi connectivity index (χ2n) is 2.92. The molecule has 4 heteroatoms. The molecule has 0 aromatic heterocycles. The second-order valence-corrected chi connectivity index (χ2v) is 3.77. The number of hydrogen-bond donors (Lipinski definition) is 1. The van der Waals surface area contributed by atoms with E-state index in [1.807, 2.05) is 0 Å². The van der Waals surface area contributed by atoms with Crippen LogP contribution in [0.4, 0.5) is 4.39 Å². The number of aliphatic hydroxyl groups is 1. The van der Waals surface area contributed by atoms with Crippen molar-refractivity contribution in [1.82, 2.24) is 0 Å². The first-order valence-corrected chi connectivity index (χ1v) is 5.11. The molecule has 0 aliphatic rings. The summed E-state index contributed by atoms with van der Waals surface area (Å²) in [6.07, 6.45) is 1.30. The average Bonchev–Trinajstić information content (AvgIpc) is 2.14. The van der Waals surface area contributed by atoms with E-state index in [2.05, 4.69) is 15.9 Å². The molecule has 0 radical (unpaired) electrons. The monoisotopic (exact) mass is 262 g/mol. The summed E-state index contributed by atoms with van der Waals surface area (Å²) in [5.41, 5.74) is 0.851. The normalized spacial score (nSPS) is 10.3. The molecule has 78 valence electrons. The van der Waals surface area contributed by atoms with Crippen LogP contribution in [0.1, 0.15) is 12.0 Å². The maximum absolute atomic E-state index is 13.3. The van der Waals surface area contributed by atoms with Gasteiger partial charge in [0.25, 0.3) is 0 Å². The Morgan fingerprint density at radius 2 is 2.21 bits per heavy atom.